The van der Waals surface area contributed by atoms with E-state index in [-0.39, 0.29) is 29.0 Å². The highest BCUT2D eigenvalue weighted by molar-refractivity contribution is 6.32. The van der Waals surface area contributed by atoms with Crippen molar-refractivity contribution in [3.63, 3.8) is 0 Å². The Morgan fingerprint density at radius 1 is 0.927 bits per heavy atom. The third kappa shape index (κ3) is 5.74. The number of allylic oxidation sites excluding steroid dienone is 4. The minimum atomic E-state index is -0.510. The fraction of sp³-hybridized carbons (Fsp3) is 0.429. The average molecular weight is 574 g/mol. The van der Waals surface area contributed by atoms with Crippen LogP contribution in [0.2, 0.25) is 5.02 Å². The largest absolute Gasteiger partial charge is 0.490 e. The molecule has 0 amide bonds. The molecule has 5 nitrogen and oxygen atoms in total. The summed E-state index contributed by atoms with van der Waals surface area (Å²) in [5, 5.41) is 0.385. The maximum atomic E-state index is 14.1. The highest BCUT2D eigenvalue weighted by atomic mass is 35.5. The lowest BCUT2D eigenvalue weighted by atomic mass is 9.63. The van der Waals surface area contributed by atoms with E-state index in [1.807, 2.05) is 37.3 Å². The van der Waals surface area contributed by atoms with Crippen LogP contribution in [0.3, 0.4) is 0 Å². The van der Waals surface area contributed by atoms with Gasteiger partial charge in [-0.25, -0.2) is 0 Å². The third-order valence-electron chi connectivity index (χ3n) is 8.22. The molecule has 1 aliphatic heterocycles. The van der Waals surface area contributed by atoms with E-state index in [1.54, 1.807) is 6.08 Å². The molecule has 0 atom stereocenters. The van der Waals surface area contributed by atoms with Crippen LogP contribution in [-0.2, 0) is 16.1 Å². The lowest BCUT2D eigenvalue weighted by Crippen LogP contribution is -2.44. The topological polar surface area (TPSA) is 55.8 Å². The lowest BCUT2D eigenvalue weighted by Gasteiger charge is -2.49. The van der Waals surface area contributed by atoms with Gasteiger partial charge >= 0.3 is 0 Å². The molecule has 0 saturated carbocycles. The molecule has 6 heteroatoms. The van der Waals surface area contributed by atoms with E-state index >= 15 is 0 Å². The van der Waals surface area contributed by atoms with Crippen molar-refractivity contribution in [2.45, 2.75) is 72.8 Å². The molecule has 0 aromatic heterocycles. The normalized spacial score (nSPS) is 20.1. The molecular weight excluding hydrogens is 534 g/mol. The smallest absolute Gasteiger partial charge is 0.180 e. The first-order valence-corrected chi connectivity index (χ1v) is 14.9. The van der Waals surface area contributed by atoms with E-state index in [4.69, 9.17) is 21.1 Å². The first kappa shape index (κ1) is 29.2. The molecule has 216 valence electrons. The van der Waals surface area contributed by atoms with E-state index in [2.05, 4.69) is 51.3 Å². The number of Topliss-reactive ketones (excluding diaryl/α,β-unsaturated/α-hetero) is 2. The van der Waals surface area contributed by atoms with Crippen LogP contribution in [0.25, 0.3) is 0 Å². The molecule has 0 fully saturated rings. The molecule has 1 heterocycles. The molecule has 41 heavy (non-hydrogen) atoms. The summed E-state index contributed by atoms with van der Waals surface area (Å²) in [5.41, 5.74) is 4.99. The number of halogens is 1. The van der Waals surface area contributed by atoms with Crippen LogP contribution in [0.5, 0.6) is 11.5 Å². The van der Waals surface area contributed by atoms with Crippen molar-refractivity contribution in [3.8, 4) is 11.5 Å². The predicted octanol–water partition coefficient (Wildman–Crippen LogP) is 8.19. The van der Waals surface area contributed by atoms with Crippen LogP contribution in [0.4, 0.5) is 0 Å². The Morgan fingerprint density at radius 2 is 1.51 bits per heavy atom. The van der Waals surface area contributed by atoms with Crippen molar-refractivity contribution in [1.29, 1.82) is 0 Å². The van der Waals surface area contributed by atoms with Crippen molar-refractivity contribution < 1.29 is 19.1 Å². The fourth-order valence-electron chi connectivity index (χ4n) is 6.64. The number of hydrogen-bond donors (Lipinski definition) is 0. The molecule has 0 unspecified atom stereocenters. The van der Waals surface area contributed by atoms with Crippen molar-refractivity contribution in [3.05, 3.63) is 93.8 Å². The summed E-state index contributed by atoms with van der Waals surface area (Å²) in [4.78, 5) is 30.5. The second kappa shape index (κ2) is 11.2. The van der Waals surface area contributed by atoms with Crippen molar-refractivity contribution >= 4 is 23.2 Å². The first-order valence-electron chi connectivity index (χ1n) is 14.5. The van der Waals surface area contributed by atoms with Crippen LogP contribution in [0.15, 0.2) is 77.7 Å². The van der Waals surface area contributed by atoms with E-state index in [9.17, 15) is 9.59 Å². The number of hydrogen-bond acceptors (Lipinski definition) is 5. The molecule has 2 aliphatic carbocycles. The second-order valence-corrected chi connectivity index (χ2v) is 13.4. The van der Waals surface area contributed by atoms with Crippen LogP contribution >= 0.6 is 11.6 Å². The Bertz CT molecular complexity index is 1400. The Labute approximate surface area is 248 Å². The average Bonchev–Trinajstić information content (AvgIpc) is 2.88. The Morgan fingerprint density at radius 3 is 2.05 bits per heavy atom. The highest BCUT2D eigenvalue weighted by Gasteiger charge is 2.49. The summed E-state index contributed by atoms with van der Waals surface area (Å²) in [7, 11) is 0. The monoisotopic (exact) mass is 573 g/mol. The molecule has 0 radical (unpaired) electrons. The summed E-state index contributed by atoms with van der Waals surface area (Å²) in [6.07, 6.45) is 4.00. The van der Waals surface area contributed by atoms with Gasteiger partial charge in [-0.2, -0.15) is 0 Å². The van der Waals surface area contributed by atoms with Crippen LogP contribution in [-0.4, -0.2) is 29.7 Å². The number of ether oxygens (including phenoxy) is 2. The van der Waals surface area contributed by atoms with Gasteiger partial charge in [0.2, 0.25) is 0 Å². The number of ketones is 2. The minimum absolute atomic E-state index is 0.0876. The van der Waals surface area contributed by atoms with Crippen molar-refractivity contribution in [2.75, 3.05) is 13.2 Å². The fourth-order valence-corrected chi connectivity index (χ4v) is 6.91. The highest BCUT2D eigenvalue weighted by Crippen LogP contribution is 2.55. The number of rotatable bonds is 8. The number of benzene rings is 2. The van der Waals surface area contributed by atoms with Gasteiger partial charge in [-0.3, -0.25) is 9.59 Å². The van der Waals surface area contributed by atoms with Gasteiger partial charge in [0, 0.05) is 47.8 Å². The van der Waals surface area contributed by atoms with Crippen LogP contribution in [0.1, 0.15) is 77.3 Å². The summed E-state index contributed by atoms with van der Waals surface area (Å²) in [5.74, 6) is 0.604. The molecule has 0 saturated heterocycles. The van der Waals surface area contributed by atoms with Gasteiger partial charge in [0.15, 0.2) is 23.1 Å². The van der Waals surface area contributed by atoms with E-state index in [0.29, 0.717) is 53.7 Å². The van der Waals surface area contributed by atoms with Gasteiger partial charge in [0.25, 0.3) is 0 Å². The molecule has 2 aromatic rings. The maximum Gasteiger partial charge on any atom is 0.180 e. The zero-order chi connectivity index (χ0) is 29.5. The van der Waals surface area contributed by atoms with Gasteiger partial charge < -0.3 is 14.4 Å². The van der Waals surface area contributed by atoms with Crippen molar-refractivity contribution in [2.24, 2.45) is 10.8 Å². The van der Waals surface area contributed by atoms with Gasteiger partial charge in [-0.05, 0) is 53.9 Å². The molecular formula is C35H40ClNO4. The summed E-state index contributed by atoms with van der Waals surface area (Å²) >= 11 is 6.82. The molecule has 0 N–H and O–H groups in total. The molecule has 3 aliphatic rings. The van der Waals surface area contributed by atoms with E-state index in [1.165, 1.54) is 0 Å². The zero-order valence-electron chi connectivity index (χ0n) is 24.8. The molecule has 2 aromatic carbocycles. The summed E-state index contributed by atoms with van der Waals surface area (Å²) < 4.78 is 11.8. The third-order valence-corrected chi connectivity index (χ3v) is 8.50. The minimum Gasteiger partial charge on any atom is -0.490 e. The van der Waals surface area contributed by atoms with Crippen LogP contribution < -0.4 is 9.47 Å². The quantitative estimate of drug-likeness (QED) is 0.298. The first-order chi connectivity index (χ1) is 19.4. The molecule has 0 bridgehead atoms. The molecule has 5 rings (SSSR count). The van der Waals surface area contributed by atoms with Gasteiger partial charge in [0.05, 0.1) is 11.6 Å². The predicted molar refractivity (Wildman–Crippen MR) is 163 cm³/mol. The number of nitrogens with zero attached hydrogens (tertiary/aromatic N) is 1. The number of carbonyl (C=O) groups excluding carboxylic acids is 2. The standard InChI is InChI=1S/C35H40ClNO4/c1-7-14-41-33-24(36)15-23(16-29(33)40-8-2)30-31-25(17-34(3,4)19-27(31)38)37(21-22-12-10-9-11-13-22)26-18-35(5,6)20-28(39)32(26)30/h7,9-13,15-16,30H,1,8,14,17-21H2,2-6H3. The Hall–Kier alpha value is -3.31. The SMILES string of the molecule is C=CCOc1c(Cl)cc(C2C3=C(CC(C)(C)CC3=O)N(Cc3ccccc3)C3=C2C(=O)CC(C)(C)C3)cc1OCC. The summed E-state index contributed by atoms with van der Waals surface area (Å²) in [6, 6.07) is 14.0. The van der Waals surface area contributed by atoms with Gasteiger partial charge in [0.1, 0.15) is 6.61 Å². The van der Waals surface area contributed by atoms with E-state index < -0.39 is 5.92 Å². The zero-order valence-corrected chi connectivity index (χ0v) is 25.6. The Balaban J connectivity index is 1.76. The molecule has 0 spiro atoms. The van der Waals surface area contributed by atoms with Gasteiger partial charge in [-0.15, -0.1) is 0 Å². The van der Waals surface area contributed by atoms with Crippen molar-refractivity contribution in [1.82, 2.24) is 4.90 Å². The number of carbonyl (C=O) groups is 2. The maximum absolute atomic E-state index is 14.1. The van der Waals surface area contributed by atoms with Crippen LogP contribution in [0, 0.1) is 10.8 Å². The van der Waals surface area contributed by atoms with E-state index in [0.717, 1.165) is 35.4 Å². The second-order valence-electron chi connectivity index (χ2n) is 13.0. The lowest BCUT2D eigenvalue weighted by molar-refractivity contribution is -0.119. The van der Waals surface area contributed by atoms with Gasteiger partial charge in [-0.1, -0.05) is 82.3 Å². The summed E-state index contributed by atoms with van der Waals surface area (Å²) in [6.45, 7) is 15.6. The Kier molecular flexibility index (Phi) is 7.95.